The molecule has 0 amide bonds. The van der Waals surface area contributed by atoms with Gasteiger partial charge >= 0.3 is 5.97 Å². The molecule has 0 bridgehead atoms. The van der Waals surface area contributed by atoms with Crippen molar-refractivity contribution in [2.75, 3.05) is 0 Å². The first-order chi connectivity index (χ1) is 3.63. The summed E-state index contributed by atoms with van der Waals surface area (Å²) in [7, 11) is 1.79. The van der Waals surface area contributed by atoms with Crippen molar-refractivity contribution in [1.82, 2.24) is 0 Å². The molecule has 3 nitrogen and oxygen atoms in total. The van der Waals surface area contributed by atoms with Crippen LogP contribution in [0.15, 0.2) is 0 Å². The van der Waals surface area contributed by atoms with Gasteiger partial charge in [0, 0.05) is 6.42 Å². The molecule has 8 heavy (non-hydrogen) atoms. The molecule has 0 radical (unpaired) electrons. The van der Waals surface area contributed by atoms with Gasteiger partial charge in [0.1, 0.15) is 7.85 Å². The summed E-state index contributed by atoms with van der Waals surface area (Å²) < 4.78 is 0. The summed E-state index contributed by atoms with van der Waals surface area (Å²) in [6.07, 6.45) is 0.743. The van der Waals surface area contributed by atoms with E-state index in [-0.39, 0.29) is 12.4 Å². The first-order valence-electron chi connectivity index (χ1n) is 2.60. The monoisotopic (exact) mass is 115 g/mol. The van der Waals surface area contributed by atoms with Crippen LogP contribution < -0.4 is 5.73 Å². The van der Waals surface area contributed by atoms with Crippen LogP contribution in [-0.2, 0) is 4.79 Å². The smallest absolute Gasteiger partial charge is 0.303 e. The summed E-state index contributed by atoms with van der Waals surface area (Å²) in [4.78, 5) is 9.85. The Morgan fingerprint density at radius 3 is 2.50 bits per heavy atom. The number of carboxylic acids is 1. The SMILES string of the molecule is B[C@@H](N)CCC(=O)O. The van der Waals surface area contributed by atoms with E-state index in [1.165, 1.54) is 0 Å². The fourth-order valence-corrected chi connectivity index (χ4v) is 0.351. The van der Waals surface area contributed by atoms with Crippen molar-refractivity contribution in [2.24, 2.45) is 5.73 Å². The molecule has 0 aliphatic heterocycles. The molecule has 0 spiro atoms. The highest BCUT2D eigenvalue weighted by atomic mass is 16.4. The molecule has 0 aromatic carbocycles. The van der Waals surface area contributed by atoms with Gasteiger partial charge in [-0.05, 0) is 12.4 Å². The predicted molar refractivity (Wildman–Crippen MR) is 33.4 cm³/mol. The van der Waals surface area contributed by atoms with E-state index in [1.54, 1.807) is 7.85 Å². The third-order valence-electron chi connectivity index (χ3n) is 0.814. The summed E-state index contributed by atoms with van der Waals surface area (Å²) in [6, 6.07) is 0. The van der Waals surface area contributed by atoms with Crippen LogP contribution in [0.25, 0.3) is 0 Å². The van der Waals surface area contributed by atoms with Crippen LogP contribution >= 0.6 is 0 Å². The quantitative estimate of drug-likeness (QED) is 0.452. The second kappa shape index (κ2) is 3.49. The van der Waals surface area contributed by atoms with E-state index in [0.29, 0.717) is 6.42 Å². The Bertz CT molecular complexity index is 84.1. The van der Waals surface area contributed by atoms with Crippen molar-refractivity contribution in [3.05, 3.63) is 0 Å². The van der Waals surface area contributed by atoms with E-state index < -0.39 is 5.97 Å². The molecule has 0 saturated carbocycles. The van der Waals surface area contributed by atoms with Gasteiger partial charge in [-0.1, -0.05) is 0 Å². The van der Waals surface area contributed by atoms with Crippen LogP contribution in [0.4, 0.5) is 0 Å². The molecule has 0 fully saturated rings. The average Bonchev–Trinajstić information content (AvgIpc) is 1.61. The fraction of sp³-hybridized carbons (Fsp3) is 0.750. The number of hydrogen-bond acceptors (Lipinski definition) is 2. The van der Waals surface area contributed by atoms with E-state index in [9.17, 15) is 4.79 Å². The zero-order valence-corrected chi connectivity index (χ0v) is 4.92. The molecule has 3 N–H and O–H groups in total. The Balaban J connectivity index is 3.05. The molecule has 4 heteroatoms. The van der Waals surface area contributed by atoms with E-state index in [2.05, 4.69) is 0 Å². The van der Waals surface area contributed by atoms with Crippen molar-refractivity contribution in [3.63, 3.8) is 0 Å². The summed E-state index contributed by atoms with van der Waals surface area (Å²) in [5, 5.41) is 8.11. The molecule has 0 heterocycles. The summed E-state index contributed by atoms with van der Waals surface area (Å²) in [6.45, 7) is 0. The van der Waals surface area contributed by atoms with Crippen molar-refractivity contribution in [1.29, 1.82) is 0 Å². The average molecular weight is 115 g/mol. The van der Waals surface area contributed by atoms with Crippen LogP contribution in [0.3, 0.4) is 0 Å². The number of hydrogen-bond donors (Lipinski definition) is 2. The van der Waals surface area contributed by atoms with Gasteiger partial charge < -0.3 is 10.8 Å². The van der Waals surface area contributed by atoms with Gasteiger partial charge in [0.25, 0.3) is 0 Å². The van der Waals surface area contributed by atoms with Crippen LogP contribution in [-0.4, -0.2) is 24.9 Å². The number of nitrogens with two attached hydrogens (primary N) is 1. The first kappa shape index (κ1) is 7.49. The fourth-order valence-electron chi connectivity index (χ4n) is 0.351. The van der Waals surface area contributed by atoms with Gasteiger partial charge in [-0.15, -0.1) is 0 Å². The standard InChI is InChI=1S/C4H10BNO2/c5-3(6)1-2-4(7)8/h3H,1-2,5-6H2,(H,7,8)/t3-/m0/s1. The van der Waals surface area contributed by atoms with E-state index >= 15 is 0 Å². The van der Waals surface area contributed by atoms with Crippen molar-refractivity contribution in [2.45, 2.75) is 18.8 Å². The number of carboxylic acid groups (broad SMARTS) is 1. The maximum absolute atomic E-state index is 9.85. The van der Waals surface area contributed by atoms with Gasteiger partial charge in [-0.25, -0.2) is 0 Å². The second-order valence-corrected chi connectivity index (χ2v) is 1.91. The Morgan fingerprint density at radius 1 is 1.88 bits per heavy atom. The molecule has 0 aromatic heterocycles. The van der Waals surface area contributed by atoms with Gasteiger partial charge in [-0.2, -0.15) is 0 Å². The third kappa shape index (κ3) is 5.49. The van der Waals surface area contributed by atoms with Gasteiger partial charge in [0.05, 0.1) is 0 Å². The maximum Gasteiger partial charge on any atom is 0.303 e. The minimum absolute atomic E-state index is 0.00565. The Labute approximate surface area is 49.3 Å². The molecule has 0 aliphatic rings. The normalized spacial score (nSPS) is 13.1. The Morgan fingerprint density at radius 2 is 2.38 bits per heavy atom. The Hall–Kier alpha value is -0.505. The predicted octanol–water partition coefficient (Wildman–Crippen LogP) is -1.23. The third-order valence-corrected chi connectivity index (χ3v) is 0.814. The van der Waals surface area contributed by atoms with Crippen LogP contribution in [0.1, 0.15) is 12.8 Å². The minimum atomic E-state index is -0.776. The van der Waals surface area contributed by atoms with Crippen LogP contribution in [0, 0.1) is 0 Å². The first-order valence-corrected chi connectivity index (χ1v) is 2.60. The molecule has 1 atom stereocenters. The molecule has 0 aliphatic carbocycles. The zero-order chi connectivity index (χ0) is 6.57. The summed E-state index contributed by atoms with van der Waals surface area (Å²) >= 11 is 0. The minimum Gasteiger partial charge on any atom is -0.481 e. The lowest BCUT2D eigenvalue weighted by atomic mass is 9.93. The van der Waals surface area contributed by atoms with E-state index in [1.807, 2.05) is 0 Å². The van der Waals surface area contributed by atoms with Crippen molar-refractivity contribution in [3.8, 4) is 0 Å². The lowest BCUT2D eigenvalue weighted by molar-refractivity contribution is -0.137. The largest absolute Gasteiger partial charge is 0.481 e. The molecule has 46 valence electrons. The molecule has 0 unspecified atom stereocenters. The van der Waals surface area contributed by atoms with Gasteiger partial charge in [-0.3, -0.25) is 4.79 Å². The molecule has 0 saturated heterocycles. The van der Waals surface area contributed by atoms with Crippen LogP contribution in [0.2, 0.25) is 0 Å². The van der Waals surface area contributed by atoms with Gasteiger partial charge in [0.15, 0.2) is 0 Å². The summed E-state index contributed by atoms with van der Waals surface area (Å²) in [5.74, 6) is -0.770. The highest BCUT2D eigenvalue weighted by Gasteiger charge is 1.98. The number of aliphatic carboxylic acids is 1. The number of rotatable bonds is 3. The molecular weight excluding hydrogens is 105 g/mol. The molecule has 0 rings (SSSR count). The van der Waals surface area contributed by atoms with E-state index in [4.69, 9.17) is 10.8 Å². The van der Waals surface area contributed by atoms with E-state index in [0.717, 1.165) is 0 Å². The lowest BCUT2D eigenvalue weighted by Gasteiger charge is -1.98. The maximum atomic E-state index is 9.85. The van der Waals surface area contributed by atoms with Crippen molar-refractivity contribution >= 4 is 13.8 Å². The second-order valence-electron chi connectivity index (χ2n) is 1.91. The molecular formula is C4H10BNO2. The highest BCUT2D eigenvalue weighted by Crippen LogP contribution is 1.88. The lowest BCUT2D eigenvalue weighted by Crippen LogP contribution is -2.20. The van der Waals surface area contributed by atoms with Gasteiger partial charge in [0.2, 0.25) is 0 Å². The Kier molecular flexibility index (Phi) is 3.27. The molecule has 0 aromatic rings. The van der Waals surface area contributed by atoms with Crippen molar-refractivity contribution < 1.29 is 9.90 Å². The number of carbonyl (C=O) groups is 1. The highest BCUT2D eigenvalue weighted by molar-refractivity contribution is 6.11. The topological polar surface area (TPSA) is 63.3 Å². The summed E-state index contributed by atoms with van der Waals surface area (Å²) in [5.41, 5.74) is 5.28. The zero-order valence-electron chi connectivity index (χ0n) is 4.92. The van der Waals surface area contributed by atoms with Crippen LogP contribution in [0.5, 0.6) is 0 Å².